The van der Waals surface area contributed by atoms with E-state index in [4.69, 9.17) is 0 Å². The molecule has 0 fully saturated rings. The first-order valence-corrected chi connectivity index (χ1v) is 7.40. The first kappa shape index (κ1) is 13.2. The molecule has 1 aliphatic rings. The molecule has 104 valence electrons. The van der Waals surface area contributed by atoms with Gasteiger partial charge in [-0.15, -0.1) is 0 Å². The summed E-state index contributed by atoms with van der Waals surface area (Å²) in [6, 6.07) is 20.1. The van der Waals surface area contributed by atoms with E-state index in [2.05, 4.69) is 71.7 Å². The van der Waals surface area contributed by atoms with Crippen molar-refractivity contribution in [2.24, 2.45) is 0 Å². The number of hydrogen-bond acceptors (Lipinski definition) is 2. The minimum absolute atomic E-state index is 0.530. The van der Waals surface area contributed by atoms with Crippen molar-refractivity contribution in [3.05, 3.63) is 60.2 Å². The third kappa shape index (κ3) is 2.20. The second-order valence-electron chi connectivity index (χ2n) is 5.51. The third-order valence-corrected chi connectivity index (χ3v) is 4.32. The lowest BCUT2D eigenvalue weighted by atomic mass is 9.95. The second kappa shape index (κ2) is 5.68. The molecule has 1 N–H and O–H groups in total. The Morgan fingerprint density at radius 2 is 1.70 bits per heavy atom. The van der Waals surface area contributed by atoms with Crippen molar-refractivity contribution in [2.75, 3.05) is 18.5 Å². The highest BCUT2D eigenvalue weighted by molar-refractivity contribution is 5.72. The molecule has 1 heterocycles. The molecule has 3 rings (SSSR count). The molecule has 0 aliphatic carbocycles. The monoisotopic (exact) mass is 266 g/mol. The van der Waals surface area contributed by atoms with Crippen molar-refractivity contribution in [3.63, 3.8) is 0 Å². The van der Waals surface area contributed by atoms with Crippen LogP contribution < -0.4 is 10.2 Å². The molecule has 0 saturated heterocycles. The van der Waals surface area contributed by atoms with Crippen LogP contribution in [0.2, 0.25) is 0 Å². The van der Waals surface area contributed by atoms with Gasteiger partial charge in [0.05, 0.1) is 0 Å². The summed E-state index contributed by atoms with van der Waals surface area (Å²) in [6.45, 7) is 3.40. The summed E-state index contributed by atoms with van der Waals surface area (Å²) >= 11 is 0. The average Bonchev–Trinajstić information content (AvgIpc) is 2.79. The van der Waals surface area contributed by atoms with Gasteiger partial charge in [0.15, 0.2) is 0 Å². The van der Waals surface area contributed by atoms with E-state index < -0.39 is 0 Å². The van der Waals surface area contributed by atoms with Crippen molar-refractivity contribution in [2.45, 2.75) is 25.3 Å². The van der Waals surface area contributed by atoms with Crippen molar-refractivity contribution < 1.29 is 0 Å². The summed E-state index contributed by atoms with van der Waals surface area (Å²) in [5.74, 6) is 0.569. The van der Waals surface area contributed by atoms with Crippen LogP contribution in [0.4, 0.5) is 11.4 Å². The predicted octanol–water partition coefficient (Wildman–Crippen LogP) is 3.92. The third-order valence-electron chi connectivity index (χ3n) is 4.32. The molecule has 2 atom stereocenters. The standard InChI is InChI=1S/C18H22N2/c1-14-16-10-6-7-11-18(16)20(17(14)12-13-19-2)15-8-4-3-5-9-15/h3-11,14,17,19H,12-13H2,1-2H3/t14-,17+/m1/s1. The minimum Gasteiger partial charge on any atom is -0.337 e. The van der Waals surface area contributed by atoms with Gasteiger partial charge in [-0.05, 0) is 43.8 Å². The van der Waals surface area contributed by atoms with E-state index in [0.29, 0.717) is 12.0 Å². The smallest absolute Gasteiger partial charge is 0.0449 e. The van der Waals surface area contributed by atoms with Gasteiger partial charge in [-0.25, -0.2) is 0 Å². The Hall–Kier alpha value is -1.80. The lowest BCUT2D eigenvalue weighted by Crippen LogP contribution is -2.32. The predicted molar refractivity (Wildman–Crippen MR) is 85.8 cm³/mol. The topological polar surface area (TPSA) is 15.3 Å². The number of benzene rings is 2. The highest BCUT2D eigenvalue weighted by Gasteiger charge is 2.35. The van der Waals surface area contributed by atoms with E-state index in [1.54, 1.807) is 0 Å². The van der Waals surface area contributed by atoms with Gasteiger partial charge in [-0.3, -0.25) is 0 Å². The summed E-state index contributed by atoms with van der Waals surface area (Å²) in [5, 5.41) is 3.29. The van der Waals surface area contributed by atoms with Gasteiger partial charge < -0.3 is 10.2 Å². The number of rotatable bonds is 4. The van der Waals surface area contributed by atoms with Crippen LogP contribution in [-0.4, -0.2) is 19.6 Å². The van der Waals surface area contributed by atoms with Crippen molar-refractivity contribution in [3.8, 4) is 0 Å². The van der Waals surface area contributed by atoms with Crippen LogP contribution in [0.1, 0.15) is 24.8 Å². The Morgan fingerprint density at radius 3 is 2.45 bits per heavy atom. The van der Waals surface area contributed by atoms with E-state index >= 15 is 0 Å². The zero-order valence-electron chi connectivity index (χ0n) is 12.2. The summed E-state index contributed by atoms with van der Waals surface area (Å²) < 4.78 is 0. The van der Waals surface area contributed by atoms with Gasteiger partial charge in [-0.1, -0.05) is 43.3 Å². The Labute approximate surface area is 121 Å². The van der Waals surface area contributed by atoms with Gasteiger partial charge in [0, 0.05) is 23.3 Å². The zero-order valence-corrected chi connectivity index (χ0v) is 12.2. The van der Waals surface area contributed by atoms with Gasteiger partial charge in [0.1, 0.15) is 0 Å². The van der Waals surface area contributed by atoms with Crippen LogP contribution in [0.3, 0.4) is 0 Å². The molecule has 2 aromatic carbocycles. The molecule has 1 aliphatic heterocycles. The van der Waals surface area contributed by atoms with Crippen molar-refractivity contribution in [1.29, 1.82) is 0 Å². The zero-order chi connectivity index (χ0) is 13.9. The molecule has 0 unspecified atom stereocenters. The average molecular weight is 266 g/mol. The first-order valence-electron chi connectivity index (χ1n) is 7.40. The summed E-state index contributed by atoms with van der Waals surface area (Å²) in [5.41, 5.74) is 4.13. The molecule has 0 spiro atoms. The summed E-state index contributed by atoms with van der Waals surface area (Å²) in [4.78, 5) is 2.51. The van der Waals surface area contributed by atoms with Crippen LogP contribution >= 0.6 is 0 Å². The number of nitrogens with zero attached hydrogens (tertiary/aromatic N) is 1. The number of nitrogens with one attached hydrogen (secondary N) is 1. The molecule has 0 saturated carbocycles. The van der Waals surface area contributed by atoms with E-state index in [-0.39, 0.29) is 0 Å². The maximum Gasteiger partial charge on any atom is 0.0449 e. The molecule has 2 heteroatoms. The fourth-order valence-corrected chi connectivity index (χ4v) is 3.29. The minimum atomic E-state index is 0.530. The lowest BCUT2D eigenvalue weighted by molar-refractivity contribution is 0.535. The molecule has 20 heavy (non-hydrogen) atoms. The van der Waals surface area contributed by atoms with Gasteiger partial charge in [0.25, 0.3) is 0 Å². The van der Waals surface area contributed by atoms with Crippen LogP contribution in [0.5, 0.6) is 0 Å². The summed E-state index contributed by atoms with van der Waals surface area (Å²) in [6.07, 6.45) is 1.15. The van der Waals surface area contributed by atoms with Crippen molar-refractivity contribution in [1.82, 2.24) is 5.32 Å². The molecular weight excluding hydrogens is 244 g/mol. The molecule has 0 aromatic heterocycles. The summed E-state index contributed by atoms with van der Waals surface area (Å²) in [7, 11) is 2.03. The molecule has 0 bridgehead atoms. The Kier molecular flexibility index (Phi) is 3.75. The van der Waals surface area contributed by atoms with Crippen LogP contribution in [0.25, 0.3) is 0 Å². The number of hydrogen-bond donors (Lipinski definition) is 1. The largest absolute Gasteiger partial charge is 0.337 e. The van der Waals surface area contributed by atoms with Gasteiger partial charge in [0.2, 0.25) is 0 Å². The molecule has 0 amide bonds. The maximum absolute atomic E-state index is 3.29. The van der Waals surface area contributed by atoms with E-state index in [9.17, 15) is 0 Å². The van der Waals surface area contributed by atoms with E-state index in [1.807, 2.05) is 7.05 Å². The molecular formula is C18H22N2. The molecule has 0 radical (unpaired) electrons. The Bertz CT molecular complexity index is 565. The maximum atomic E-state index is 3.29. The van der Waals surface area contributed by atoms with Crippen LogP contribution in [0.15, 0.2) is 54.6 Å². The van der Waals surface area contributed by atoms with E-state index in [1.165, 1.54) is 16.9 Å². The Balaban J connectivity index is 2.02. The highest BCUT2D eigenvalue weighted by Crippen LogP contribution is 2.45. The Morgan fingerprint density at radius 1 is 1.00 bits per heavy atom. The van der Waals surface area contributed by atoms with Crippen LogP contribution in [0, 0.1) is 0 Å². The fraction of sp³-hybridized carbons (Fsp3) is 0.333. The van der Waals surface area contributed by atoms with Gasteiger partial charge >= 0.3 is 0 Å². The number of para-hydroxylation sites is 2. The van der Waals surface area contributed by atoms with Crippen LogP contribution in [-0.2, 0) is 0 Å². The highest BCUT2D eigenvalue weighted by atomic mass is 15.2. The number of fused-ring (bicyclic) bond motifs is 1. The molecule has 2 nitrogen and oxygen atoms in total. The molecule has 2 aromatic rings. The van der Waals surface area contributed by atoms with Crippen molar-refractivity contribution >= 4 is 11.4 Å². The van der Waals surface area contributed by atoms with E-state index in [0.717, 1.165) is 13.0 Å². The lowest BCUT2D eigenvalue weighted by Gasteiger charge is -2.29. The quantitative estimate of drug-likeness (QED) is 0.902. The normalized spacial score (nSPS) is 21.0. The SMILES string of the molecule is CNCC[C@H]1[C@H](C)c2ccccc2N1c1ccccc1. The number of anilines is 2. The fourth-order valence-electron chi connectivity index (χ4n) is 3.29. The second-order valence-corrected chi connectivity index (χ2v) is 5.51. The van der Waals surface area contributed by atoms with Gasteiger partial charge in [-0.2, -0.15) is 0 Å². The first-order chi connectivity index (χ1) is 9.83.